The van der Waals surface area contributed by atoms with Gasteiger partial charge in [0.05, 0.1) is 12.3 Å². The number of nitrogens with zero attached hydrogens (tertiary/aromatic N) is 3. The highest BCUT2D eigenvalue weighted by molar-refractivity contribution is 5.32. The van der Waals surface area contributed by atoms with E-state index in [1.54, 1.807) is 6.92 Å². The zero-order chi connectivity index (χ0) is 11.7. The van der Waals surface area contributed by atoms with Crippen molar-refractivity contribution in [2.75, 3.05) is 0 Å². The first kappa shape index (κ1) is 10.7. The molecular weight excluding hydrogens is 216 g/mol. The van der Waals surface area contributed by atoms with Gasteiger partial charge in [0.2, 0.25) is 0 Å². The molecule has 1 aromatic heterocycles. The normalized spacial score (nSPS) is 10.8. The van der Waals surface area contributed by atoms with E-state index in [0.29, 0.717) is 11.4 Å². The summed E-state index contributed by atoms with van der Waals surface area (Å²) in [4.78, 5) is 1.04. The number of aromatic nitrogens is 3. The minimum atomic E-state index is -0.750. The van der Waals surface area contributed by atoms with E-state index in [1.807, 2.05) is 0 Å². The van der Waals surface area contributed by atoms with E-state index in [4.69, 9.17) is 5.11 Å². The summed E-state index contributed by atoms with van der Waals surface area (Å²) in [5.41, 5.74) is 0.916. The molecule has 0 aliphatic heterocycles. The molecule has 0 amide bonds. The molecular formula is C10H9F2N3O. The number of rotatable bonds is 2. The molecule has 0 aliphatic carbocycles. The van der Waals surface area contributed by atoms with E-state index < -0.39 is 11.6 Å². The van der Waals surface area contributed by atoms with Crippen LogP contribution in [-0.4, -0.2) is 20.1 Å². The van der Waals surface area contributed by atoms with Crippen LogP contribution in [-0.2, 0) is 6.61 Å². The lowest BCUT2D eigenvalue weighted by atomic mass is 10.3. The first-order chi connectivity index (χ1) is 7.61. The molecule has 0 saturated carbocycles. The molecule has 4 nitrogen and oxygen atoms in total. The lowest BCUT2D eigenvalue weighted by Gasteiger charge is -2.00. The van der Waals surface area contributed by atoms with Crippen molar-refractivity contribution in [1.29, 1.82) is 0 Å². The van der Waals surface area contributed by atoms with Gasteiger partial charge in [-0.25, -0.2) is 8.78 Å². The Kier molecular flexibility index (Phi) is 2.66. The molecule has 2 rings (SSSR count). The van der Waals surface area contributed by atoms with Crippen molar-refractivity contribution >= 4 is 0 Å². The number of aryl methyl sites for hydroxylation is 1. The quantitative estimate of drug-likeness (QED) is 0.839. The molecule has 16 heavy (non-hydrogen) atoms. The highest BCUT2D eigenvalue weighted by Gasteiger charge is 2.11. The van der Waals surface area contributed by atoms with Crippen LogP contribution in [0.25, 0.3) is 5.69 Å². The van der Waals surface area contributed by atoms with Crippen LogP contribution in [0.3, 0.4) is 0 Å². The Morgan fingerprint density at radius 1 is 1.31 bits per heavy atom. The summed E-state index contributed by atoms with van der Waals surface area (Å²) < 4.78 is 26.1. The van der Waals surface area contributed by atoms with Crippen molar-refractivity contribution in [3.05, 3.63) is 41.2 Å². The SMILES string of the molecule is Cc1nn(-c2ccc(F)cc2F)nc1CO. The molecule has 1 heterocycles. The third kappa shape index (κ3) is 1.79. The van der Waals surface area contributed by atoms with Crippen molar-refractivity contribution in [2.24, 2.45) is 0 Å². The smallest absolute Gasteiger partial charge is 0.153 e. The molecule has 6 heteroatoms. The minimum Gasteiger partial charge on any atom is -0.390 e. The molecule has 0 atom stereocenters. The van der Waals surface area contributed by atoms with Crippen molar-refractivity contribution in [3.63, 3.8) is 0 Å². The number of aliphatic hydroxyl groups excluding tert-OH is 1. The Balaban J connectivity index is 2.50. The predicted molar refractivity (Wildman–Crippen MR) is 51.9 cm³/mol. The van der Waals surface area contributed by atoms with Crippen molar-refractivity contribution in [2.45, 2.75) is 13.5 Å². The van der Waals surface area contributed by atoms with E-state index in [1.165, 1.54) is 6.07 Å². The van der Waals surface area contributed by atoms with Gasteiger partial charge < -0.3 is 5.11 Å². The summed E-state index contributed by atoms with van der Waals surface area (Å²) in [6.07, 6.45) is 0. The van der Waals surface area contributed by atoms with Gasteiger partial charge in [0.25, 0.3) is 0 Å². The second-order valence-corrected chi connectivity index (χ2v) is 3.28. The van der Waals surface area contributed by atoms with E-state index in [9.17, 15) is 8.78 Å². The molecule has 0 radical (unpaired) electrons. The predicted octanol–water partition coefficient (Wildman–Crippen LogP) is 1.35. The highest BCUT2D eigenvalue weighted by Crippen LogP contribution is 2.14. The third-order valence-corrected chi connectivity index (χ3v) is 2.15. The van der Waals surface area contributed by atoms with Gasteiger partial charge in [0.15, 0.2) is 5.82 Å². The van der Waals surface area contributed by atoms with Crippen molar-refractivity contribution in [3.8, 4) is 5.69 Å². The van der Waals surface area contributed by atoms with E-state index in [2.05, 4.69) is 10.2 Å². The Morgan fingerprint density at radius 3 is 2.62 bits per heavy atom. The highest BCUT2D eigenvalue weighted by atomic mass is 19.1. The Labute approximate surface area is 90.1 Å². The summed E-state index contributed by atoms with van der Waals surface area (Å²) in [6, 6.07) is 3.12. The number of aliphatic hydroxyl groups is 1. The topological polar surface area (TPSA) is 50.9 Å². The number of hydrogen-bond acceptors (Lipinski definition) is 3. The molecule has 1 N–H and O–H groups in total. The fraction of sp³-hybridized carbons (Fsp3) is 0.200. The van der Waals surface area contributed by atoms with Gasteiger partial charge in [0.1, 0.15) is 17.2 Å². The van der Waals surface area contributed by atoms with Crippen molar-refractivity contribution in [1.82, 2.24) is 15.0 Å². The molecule has 0 spiro atoms. The van der Waals surface area contributed by atoms with Crippen LogP contribution in [0.1, 0.15) is 11.4 Å². The second-order valence-electron chi connectivity index (χ2n) is 3.28. The summed E-state index contributed by atoms with van der Waals surface area (Å²) in [5, 5.41) is 16.7. The van der Waals surface area contributed by atoms with E-state index in [0.717, 1.165) is 16.9 Å². The van der Waals surface area contributed by atoms with Crippen LogP contribution in [0.2, 0.25) is 0 Å². The van der Waals surface area contributed by atoms with Crippen LogP contribution >= 0.6 is 0 Å². The second kappa shape index (κ2) is 3.97. The Bertz CT molecular complexity index is 525. The van der Waals surface area contributed by atoms with Crippen LogP contribution in [0.15, 0.2) is 18.2 Å². The standard InChI is InChI=1S/C10H9F2N3O/c1-6-9(5-16)14-15(13-6)10-3-2-7(11)4-8(10)12/h2-4,16H,5H2,1H3. The van der Waals surface area contributed by atoms with E-state index >= 15 is 0 Å². The fourth-order valence-electron chi connectivity index (χ4n) is 1.31. The summed E-state index contributed by atoms with van der Waals surface area (Å²) in [7, 11) is 0. The molecule has 0 unspecified atom stereocenters. The lowest BCUT2D eigenvalue weighted by molar-refractivity contribution is 0.275. The fourth-order valence-corrected chi connectivity index (χ4v) is 1.31. The van der Waals surface area contributed by atoms with Crippen molar-refractivity contribution < 1.29 is 13.9 Å². The maximum absolute atomic E-state index is 13.4. The largest absolute Gasteiger partial charge is 0.390 e. The van der Waals surface area contributed by atoms with E-state index in [-0.39, 0.29) is 12.3 Å². The first-order valence-corrected chi connectivity index (χ1v) is 4.61. The summed E-state index contributed by atoms with van der Waals surface area (Å²) in [6.45, 7) is 1.38. The molecule has 84 valence electrons. The van der Waals surface area contributed by atoms with Gasteiger partial charge >= 0.3 is 0 Å². The molecule has 0 aliphatic rings. The number of benzene rings is 1. The average Bonchev–Trinajstić information content (AvgIpc) is 2.59. The third-order valence-electron chi connectivity index (χ3n) is 2.15. The monoisotopic (exact) mass is 225 g/mol. The van der Waals surface area contributed by atoms with Gasteiger partial charge in [-0.1, -0.05) is 0 Å². The first-order valence-electron chi connectivity index (χ1n) is 4.61. The number of halogens is 2. The summed E-state index contributed by atoms with van der Waals surface area (Å²) in [5.74, 6) is -1.41. The number of hydrogen-bond donors (Lipinski definition) is 1. The van der Waals surface area contributed by atoms with Crippen LogP contribution < -0.4 is 0 Å². The van der Waals surface area contributed by atoms with Gasteiger partial charge in [-0.3, -0.25) is 0 Å². The molecule has 0 bridgehead atoms. The zero-order valence-corrected chi connectivity index (χ0v) is 8.48. The van der Waals surface area contributed by atoms with Crippen LogP contribution in [0.4, 0.5) is 8.78 Å². The molecule has 2 aromatic rings. The molecule has 0 saturated heterocycles. The summed E-state index contributed by atoms with van der Waals surface area (Å²) >= 11 is 0. The lowest BCUT2D eigenvalue weighted by Crippen LogP contribution is -2.02. The Morgan fingerprint density at radius 2 is 2.06 bits per heavy atom. The zero-order valence-electron chi connectivity index (χ0n) is 8.48. The van der Waals surface area contributed by atoms with Crippen LogP contribution in [0.5, 0.6) is 0 Å². The molecule has 1 aromatic carbocycles. The maximum Gasteiger partial charge on any atom is 0.153 e. The minimum absolute atomic E-state index is 0.0456. The maximum atomic E-state index is 13.4. The Hall–Kier alpha value is -1.82. The van der Waals surface area contributed by atoms with Crippen LogP contribution in [0, 0.1) is 18.6 Å². The molecule has 0 fully saturated rings. The average molecular weight is 225 g/mol. The van der Waals surface area contributed by atoms with Gasteiger partial charge in [-0.2, -0.15) is 10.2 Å². The van der Waals surface area contributed by atoms with Gasteiger partial charge in [-0.05, 0) is 19.1 Å². The van der Waals surface area contributed by atoms with Gasteiger partial charge in [-0.15, -0.1) is 4.80 Å². The van der Waals surface area contributed by atoms with Gasteiger partial charge in [0, 0.05) is 6.07 Å².